The first-order chi connectivity index (χ1) is 9.72. The summed E-state index contributed by atoms with van der Waals surface area (Å²) in [4.78, 5) is 36.6. The lowest BCUT2D eigenvalue weighted by Crippen LogP contribution is -2.41. The SMILES string of the molecule is CC(C)C[C@H](NC(=O)c1cc([N+](=O)[O-])cnc1Cl)C(=O)O. The monoisotopic (exact) mass is 315 g/mol. The molecule has 21 heavy (non-hydrogen) atoms. The second-order valence-electron chi connectivity index (χ2n) is 4.78. The van der Waals surface area contributed by atoms with Gasteiger partial charge in [0, 0.05) is 6.07 Å². The first-order valence-corrected chi connectivity index (χ1v) is 6.43. The maximum atomic E-state index is 12.0. The van der Waals surface area contributed by atoms with E-state index >= 15 is 0 Å². The van der Waals surface area contributed by atoms with E-state index in [0.29, 0.717) is 0 Å². The second kappa shape index (κ2) is 6.98. The molecule has 0 aliphatic carbocycles. The fourth-order valence-corrected chi connectivity index (χ4v) is 1.81. The number of halogens is 1. The molecule has 1 amide bonds. The number of aromatic nitrogens is 1. The number of carboxylic acid groups (broad SMARTS) is 1. The fourth-order valence-electron chi connectivity index (χ4n) is 1.63. The molecule has 0 aliphatic heterocycles. The summed E-state index contributed by atoms with van der Waals surface area (Å²) in [5.74, 6) is -1.96. The van der Waals surface area contributed by atoms with Crippen molar-refractivity contribution < 1.29 is 19.6 Å². The van der Waals surface area contributed by atoms with Gasteiger partial charge in [-0.3, -0.25) is 14.9 Å². The number of carbonyl (C=O) groups excluding carboxylic acids is 1. The molecule has 1 atom stereocenters. The zero-order valence-electron chi connectivity index (χ0n) is 11.4. The molecule has 0 bridgehead atoms. The Hall–Kier alpha value is -2.22. The molecule has 0 unspecified atom stereocenters. The Morgan fingerprint density at radius 3 is 2.62 bits per heavy atom. The van der Waals surface area contributed by atoms with Gasteiger partial charge in [-0.2, -0.15) is 0 Å². The largest absolute Gasteiger partial charge is 0.480 e. The molecule has 0 aromatic carbocycles. The number of aliphatic carboxylic acids is 1. The van der Waals surface area contributed by atoms with E-state index in [1.165, 1.54) is 0 Å². The van der Waals surface area contributed by atoms with E-state index in [0.717, 1.165) is 12.3 Å². The summed E-state index contributed by atoms with van der Waals surface area (Å²) in [5, 5.41) is 21.8. The number of nitrogens with one attached hydrogen (secondary N) is 1. The van der Waals surface area contributed by atoms with Crippen LogP contribution in [-0.2, 0) is 4.79 Å². The van der Waals surface area contributed by atoms with Crippen LogP contribution in [0.5, 0.6) is 0 Å². The van der Waals surface area contributed by atoms with Crippen LogP contribution in [0.3, 0.4) is 0 Å². The third-order valence-corrected chi connectivity index (χ3v) is 2.89. The first-order valence-electron chi connectivity index (χ1n) is 6.06. The molecule has 1 aromatic rings. The molecule has 1 heterocycles. The van der Waals surface area contributed by atoms with Gasteiger partial charge in [-0.15, -0.1) is 0 Å². The van der Waals surface area contributed by atoms with Crippen LogP contribution in [0, 0.1) is 16.0 Å². The minimum absolute atomic E-state index is 0.0464. The molecule has 0 radical (unpaired) electrons. The lowest BCUT2D eigenvalue weighted by molar-refractivity contribution is -0.385. The maximum Gasteiger partial charge on any atom is 0.326 e. The van der Waals surface area contributed by atoms with Crippen molar-refractivity contribution in [2.24, 2.45) is 5.92 Å². The van der Waals surface area contributed by atoms with E-state index < -0.39 is 28.5 Å². The van der Waals surface area contributed by atoms with Crippen molar-refractivity contribution in [1.29, 1.82) is 0 Å². The van der Waals surface area contributed by atoms with Crippen molar-refractivity contribution >= 4 is 29.2 Å². The molecule has 1 rings (SSSR count). The predicted octanol–water partition coefficient (Wildman–Crippen LogP) is 1.87. The van der Waals surface area contributed by atoms with E-state index in [-0.39, 0.29) is 23.1 Å². The van der Waals surface area contributed by atoms with E-state index in [9.17, 15) is 19.7 Å². The Balaban J connectivity index is 2.99. The molecule has 1 aromatic heterocycles. The quantitative estimate of drug-likeness (QED) is 0.469. The average Bonchev–Trinajstić information content (AvgIpc) is 2.37. The van der Waals surface area contributed by atoms with Gasteiger partial charge in [0.15, 0.2) is 0 Å². The highest BCUT2D eigenvalue weighted by Gasteiger charge is 2.24. The van der Waals surface area contributed by atoms with Crippen LogP contribution >= 0.6 is 11.6 Å². The summed E-state index contributed by atoms with van der Waals surface area (Å²) in [6, 6.07) is -0.147. The number of nitro groups is 1. The lowest BCUT2D eigenvalue weighted by atomic mass is 10.0. The molecule has 114 valence electrons. The molecule has 0 spiro atoms. The maximum absolute atomic E-state index is 12.0. The molecule has 8 nitrogen and oxygen atoms in total. The topological polar surface area (TPSA) is 122 Å². The van der Waals surface area contributed by atoms with Gasteiger partial charge in [0.1, 0.15) is 17.4 Å². The number of amides is 1. The Morgan fingerprint density at radius 2 is 2.14 bits per heavy atom. The van der Waals surface area contributed by atoms with Crippen molar-refractivity contribution in [2.45, 2.75) is 26.3 Å². The molecule has 0 saturated heterocycles. The Bertz CT molecular complexity index is 576. The van der Waals surface area contributed by atoms with E-state index in [2.05, 4.69) is 10.3 Å². The standard InChI is InChI=1S/C12H14ClN3O5/c1-6(2)3-9(12(18)19)15-11(17)8-4-7(16(20)21)5-14-10(8)13/h4-6,9H,3H2,1-2H3,(H,15,17)(H,18,19)/t9-/m0/s1. The molecule has 0 aliphatic rings. The minimum Gasteiger partial charge on any atom is -0.480 e. The highest BCUT2D eigenvalue weighted by molar-refractivity contribution is 6.32. The van der Waals surface area contributed by atoms with Gasteiger partial charge >= 0.3 is 5.97 Å². The Kier molecular flexibility index (Phi) is 5.60. The van der Waals surface area contributed by atoms with Crippen LogP contribution in [0.15, 0.2) is 12.3 Å². The van der Waals surface area contributed by atoms with Crippen molar-refractivity contribution in [3.05, 3.63) is 33.1 Å². The summed E-state index contributed by atoms with van der Waals surface area (Å²) in [7, 11) is 0. The Morgan fingerprint density at radius 1 is 1.52 bits per heavy atom. The van der Waals surface area contributed by atoms with Gasteiger partial charge in [0.25, 0.3) is 11.6 Å². The highest BCUT2D eigenvalue weighted by atomic mass is 35.5. The van der Waals surface area contributed by atoms with Crippen molar-refractivity contribution in [3.8, 4) is 0 Å². The third kappa shape index (κ3) is 4.67. The summed E-state index contributed by atoms with van der Waals surface area (Å²) >= 11 is 5.72. The van der Waals surface area contributed by atoms with Gasteiger partial charge in [0.2, 0.25) is 0 Å². The smallest absolute Gasteiger partial charge is 0.326 e. The van der Waals surface area contributed by atoms with Gasteiger partial charge in [0.05, 0.1) is 10.5 Å². The molecular formula is C12H14ClN3O5. The minimum atomic E-state index is -1.19. The van der Waals surface area contributed by atoms with E-state index in [4.69, 9.17) is 16.7 Å². The molecule has 2 N–H and O–H groups in total. The van der Waals surface area contributed by atoms with Crippen molar-refractivity contribution in [1.82, 2.24) is 10.3 Å². The van der Waals surface area contributed by atoms with Gasteiger partial charge in [-0.25, -0.2) is 9.78 Å². The van der Waals surface area contributed by atoms with E-state index in [1.54, 1.807) is 0 Å². The number of nitrogens with zero attached hydrogens (tertiary/aromatic N) is 2. The predicted molar refractivity (Wildman–Crippen MR) is 74.2 cm³/mol. The molecular weight excluding hydrogens is 302 g/mol. The number of pyridine rings is 1. The van der Waals surface area contributed by atoms with Gasteiger partial charge in [-0.1, -0.05) is 25.4 Å². The van der Waals surface area contributed by atoms with Crippen molar-refractivity contribution in [2.75, 3.05) is 0 Å². The molecule has 0 saturated carbocycles. The average molecular weight is 316 g/mol. The zero-order chi connectivity index (χ0) is 16.2. The van der Waals surface area contributed by atoms with Crippen LogP contribution in [0.1, 0.15) is 30.6 Å². The van der Waals surface area contributed by atoms with Crippen LogP contribution < -0.4 is 5.32 Å². The zero-order valence-corrected chi connectivity index (χ0v) is 12.1. The summed E-state index contributed by atoms with van der Waals surface area (Å²) in [5.41, 5.74) is -0.638. The number of rotatable bonds is 6. The molecule has 9 heteroatoms. The van der Waals surface area contributed by atoms with Crippen LogP contribution in [0.4, 0.5) is 5.69 Å². The van der Waals surface area contributed by atoms with Gasteiger partial charge < -0.3 is 10.4 Å². The summed E-state index contributed by atoms with van der Waals surface area (Å²) in [6.45, 7) is 3.62. The highest BCUT2D eigenvalue weighted by Crippen LogP contribution is 2.19. The van der Waals surface area contributed by atoms with Crippen LogP contribution in [0.2, 0.25) is 5.15 Å². The van der Waals surface area contributed by atoms with Crippen LogP contribution in [0.25, 0.3) is 0 Å². The number of hydrogen-bond acceptors (Lipinski definition) is 5. The van der Waals surface area contributed by atoms with Gasteiger partial charge in [-0.05, 0) is 12.3 Å². The molecule has 0 fully saturated rings. The first kappa shape index (κ1) is 16.8. The lowest BCUT2D eigenvalue weighted by Gasteiger charge is -2.16. The number of carboxylic acids is 1. The third-order valence-electron chi connectivity index (χ3n) is 2.59. The normalized spacial score (nSPS) is 12.0. The summed E-state index contributed by atoms with van der Waals surface area (Å²) in [6.07, 6.45) is 1.14. The fraction of sp³-hybridized carbons (Fsp3) is 0.417. The van der Waals surface area contributed by atoms with Crippen LogP contribution in [-0.4, -0.2) is 32.9 Å². The second-order valence-corrected chi connectivity index (χ2v) is 5.14. The van der Waals surface area contributed by atoms with E-state index in [1.807, 2.05) is 13.8 Å². The number of carbonyl (C=O) groups is 2. The number of hydrogen-bond donors (Lipinski definition) is 2. The Labute approximate surface area is 125 Å². The van der Waals surface area contributed by atoms with Crippen molar-refractivity contribution in [3.63, 3.8) is 0 Å². The summed E-state index contributed by atoms with van der Waals surface area (Å²) < 4.78 is 0.